The van der Waals surface area contributed by atoms with Crippen LogP contribution < -0.4 is 78.6 Å². The molecule has 21 atom stereocenters. The number of aliphatic hydroxyl groups excluding tert-OH is 7. The number of nitrogens with two attached hydrogens (primary N) is 10. The minimum atomic E-state index is -1.75. The molecule has 64 heavy (non-hydrogen) atoms. The summed E-state index contributed by atoms with van der Waals surface area (Å²) >= 11 is 0. The molecule has 19 unspecified atom stereocenters. The van der Waals surface area contributed by atoms with Crippen LogP contribution in [0.3, 0.4) is 0 Å². The number of nitrogens with one attached hydrogen (secondary N) is 4. The zero-order valence-electron chi connectivity index (χ0n) is 35.5. The molecule has 0 aromatic carbocycles. The molecule has 1 aliphatic carbocycles. The van der Waals surface area contributed by atoms with E-state index in [1.54, 1.807) is 0 Å². The summed E-state index contributed by atoms with van der Waals surface area (Å²) in [5.74, 6) is -1.15. The summed E-state index contributed by atoms with van der Waals surface area (Å²) in [5, 5.41) is 87.0. The first-order chi connectivity index (χ1) is 30.2. The van der Waals surface area contributed by atoms with Gasteiger partial charge in [0, 0.05) is 25.2 Å². The van der Waals surface area contributed by atoms with E-state index in [0.717, 1.165) is 0 Å². The van der Waals surface area contributed by atoms with Gasteiger partial charge in [-0.25, -0.2) is 0 Å². The standard InChI is InChI=1S/C35H74N14O15/c36-11(3-1-5-46-34(42)43)29(57)48-8-15-21(52)23(54)18(40)31(59-15)62-26-14(39)7-13(38)20(51)28(26)64-33-25(56)27(17(10-50)61-33)63-32-19(41)24(55)22(53)16(60-32)9-49-30(58)12(37)4-2-6-47-35(44)45/h11-28,31-35,46-47,50-56H,1-10,36-45H2,(H,48,57)(H,49,58)/t11-,12-,13?,14?,15?,16?,17?,18?,19?,20?,21?,22?,23?,24?,25?,26?,27?,28?,31?,32?,33?/m0/s1. The summed E-state index contributed by atoms with van der Waals surface area (Å²) in [4.78, 5) is 25.4. The average molecular weight is 931 g/mol. The van der Waals surface area contributed by atoms with Gasteiger partial charge in [0.2, 0.25) is 11.8 Å². The summed E-state index contributed by atoms with van der Waals surface area (Å²) in [5.41, 5.74) is 58.8. The van der Waals surface area contributed by atoms with Crippen molar-refractivity contribution in [3.63, 3.8) is 0 Å². The van der Waals surface area contributed by atoms with E-state index in [2.05, 4.69) is 21.3 Å². The van der Waals surface area contributed by atoms with Crippen LogP contribution in [0.15, 0.2) is 0 Å². The number of hydrogen-bond acceptors (Lipinski definition) is 27. The van der Waals surface area contributed by atoms with Crippen molar-refractivity contribution in [2.24, 2.45) is 57.3 Å². The number of hydrogen-bond donors (Lipinski definition) is 21. The van der Waals surface area contributed by atoms with Crippen molar-refractivity contribution in [1.29, 1.82) is 0 Å². The van der Waals surface area contributed by atoms with Crippen LogP contribution in [0.4, 0.5) is 0 Å². The molecule has 4 fully saturated rings. The van der Waals surface area contributed by atoms with E-state index in [-0.39, 0.29) is 32.4 Å². The van der Waals surface area contributed by atoms with Gasteiger partial charge in [0.15, 0.2) is 18.9 Å². The lowest BCUT2D eigenvalue weighted by molar-refractivity contribution is -0.307. The topological polar surface area (TPSA) is 539 Å². The van der Waals surface area contributed by atoms with Crippen molar-refractivity contribution in [1.82, 2.24) is 21.3 Å². The molecule has 29 heteroatoms. The molecule has 0 aromatic rings. The van der Waals surface area contributed by atoms with Gasteiger partial charge < -0.3 is 132 Å². The monoisotopic (exact) mass is 931 g/mol. The Bertz CT molecular complexity index is 1430. The fourth-order valence-electron chi connectivity index (χ4n) is 7.80. The zero-order valence-corrected chi connectivity index (χ0v) is 35.5. The number of ether oxygens (including phenoxy) is 6. The van der Waals surface area contributed by atoms with Crippen molar-refractivity contribution in [3.05, 3.63) is 0 Å². The smallest absolute Gasteiger partial charge is 0.237 e. The summed E-state index contributed by atoms with van der Waals surface area (Å²) < 4.78 is 35.8. The van der Waals surface area contributed by atoms with Gasteiger partial charge in [-0.05, 0) is 45.2 Å². The number of aliphatic hydroxyl groups is 7. The van der Waals surface area contributed by atoms with Crippen LogP contribution in [0.25, 0.3) is 0 Å². The second-order valence-corrected chi connectivity index (χ2v) is 16.7. The number of carbonyl (C=O) groups is 2. The van der Waals surface area contributed by atoms with Crippen molar-refractivity contribution < 1.29 is 73.8 Å². The third-order valence-corrected chi connectivity index (χ3v) is 11.7. The van der Waals surface area contributed by atoms with E-state index in [0.29, 0.717) is 25.9 Å². The highest BCUT2D eigenvalue weighted by atomic mass is 16.8. The normalized spacial score (nSPS) is 40.4. The molecule has 3 aliphatic heterocycles. The third kappa shape index (κ3) is 14.5. The minimum Gasteiger partial charge on any atom is -0.394 e. The van der Waals surface area contributed by atoms with Gasteiger partial charge in [-0.3, -0.25) is 20.2 Å². The molecule has 0 aromatic heterocycles. The molecule has 3 saturated heterocycles. The molecule has 31 N–H and O–H groups in total. The largest absolute Gasteiger partial charge is 0.394 e. The zero-order chi connectivity index (χ0) is 47.6. The number of carbonyl (C=O) groups excluding carboxylic acids is 2. The van der Waals surface area contributed by atoms with Crippen LogP contribution in [-0.4, -0.2) is 221 Å². The molecule has 4 aliphatic rings. The predicted octanol–water partition coefficient (Wildman–Crippen LogP) is -12.8. The second-order valence-electron chi connectivity index (χ2n) is 16.7. The van der Waals surface area contributed by atoms with Crippen LogP contribution in [0.1, 0.15) is 32.1 Å². The second kappa shape index (κ2) is 25.3. The number of amides is 2. The summed E-state index contributed by atoms with van der Waals surface area (Å²) in [7, 11) is 0. The highest BCUT2D eigenvalue weighted by molar-refractivity contribution is 5.81. The molecule has 29 nitrogen and oxygen atoms in total. The van der Waals surface area contributed by atoms with Crippen LogP contribution >= 0.6 is 0 Å². The fourth-order valence-corrected chi connectivity index (χ4v) is 7.80. The average Bonchev–Trinajstić information content (AvgIpc) is 3.55. The van der Waals surface area contributed by atoms with Crippen molar-refractivity contribution in [2.45, 2.75) is 173 Å². The third-order valence-electron chi connectivity index (χ3n) is 11.7. The quantitative estimate of drug-likeness (QED) is 0.0334. The lowest BCUT2D eigenvalue weighted by Crippen LogP contribution is -2.68. The van der Waals surface area contributed by atoms with E-state index in [4.69, 9.17) is 85.8 Å². The molecule has 1 saturated carbocycles. The predicted molar refractivity (Wildman–Crippen MR) is 221 cm³/mol. The van der Waals surface area contributed by atoms with E-state index in [1.165, 1.54) is 0 Å². The maximum Gasteiger partial charge on any atom is 0.237 e. The van der Waals surface area contributed by atoms with Crippen LogP contribution in [0, 0.1) is 0 Å². The van der Waals surface area contributed by atoms with E-state index in [9.17, 15) is 45.3 Å². The molecular weight excluding hydrogens is 856 g/mol. The number of rotatable bonds is 23. The van der Waals surface area contributed by atoms with Gasteiger partial charge >= 0.3 is 0 Å². The molecule has 2 amide bonds. The van der Waals surface area contributed by atoms with Crippen LogP contribution in [0.5, 0.6) is 0 Å². The van der Waals surface area contributed by atoms with E-state index >= 15 is 0 Å². The lowest BCUT2D eigenvalue weighted by atomic mass is 9.84. The Morgan fingerprint density at radius 1 is 0.547 bits per heavy atom. The Morgan fingerprint density at radius 3 is 1.41 bits per heavy atom. The van der Waals surface area contributed by atoms with Gasteiger partial charge in [-0.2, -0.15) is 0 Å². The first-order valence-corrected chi connectivity index (χ1v) is 21.4. The Hall–Kier alpha value is -2.06. The SMILES string of the molecule is NC(N)NCCC[C@H](N)C(=O)NCC1OC(OC2C(CO)OC(OC3C(O)C(N)CC(N)C3OC3OC(CNC(=O)[C@@H](N)CCCNC(N)N)C(O)C(O)C3N)C2O)C(N)C(O)C1O. The molecule has 374 valence electrons. The van der Waals surface area contributed by atoms with Crippen molar-refractivity contribution >= 4 is 11.8 Å². The van der Waals surface area contributed by atoms with Gasteiger partial charge in [0.1, 0.15) is 79.7 Å². The van der Waals surface area contributed by atoms with Gasteiger partial charge in [0.25, 0.3) is 0 Å². The van der Waals surface area contributed by atoms with Crippen molar-refractivity contribution in [3.8, 4) is 0 Å². The van der Waals surface area contributed by atoms with Crippen molar-refractivity contribution in [2.75, 3.05) is 32.8 Å². The fraction of sp³-hybridized carbons (Fsp3) is 0.943. The maximum atomic E-state index is 12.7. The Labute approximate surface area is 369 Å². The van der Waals surface area contributed by atoms with E-state index in [1.807, 2.05) is 0 Å². The Balaban J connectivity index is 1.40. The first kappa shape index (κ1) is 54.5. The van der Waals surface area contributed by atoms with E-state index < -0.39 is 159 Å². The van der Waals surface area contributed by atoms with Gasteiger partial charge in [0.05, 0.1) is 36.9 Å². The highest BCUT2D eigenvalue weighted by Gasteiger charge is 2.54. The maximum absolute atomic E-state index is 12.7. The summed E-state index contributed by atoms with van der Waals surface area (Å²) in [6.45, 7) is -0.579. The van der Waals surface area contributed by atoms with Crippen LogP contribution in [-0.2, 0) is 38.0 Å². The Kier molecular flexibility index (Phi) is 21.6. The Morgan fingerprint density at radius 2 is 0.969 bits per heavy atom. The molecular formula is C35H74N14O15. The van der Waals surface area contributed by atoms with Crippen LogP contribution in [0.2, 0.25) is 0 Å². The molecule has 4 rings (SSSR count). The molecule has 0 radical (unpaired) electrons. The van der Waals surface area contributed by atoms with Gasteiger partial charge in [-0.15, -0.1) is 0 Å². The first-order valence-electron chi connectivity index (χ1n) is 21.4. The summed E-state index contributed by atoms with van der Waals surface area (Å²) in [6.07, 6.45) is -22.6. The molecule has 0 bridgehead atoms. The van der Waals surface area contributed by atoms with Gasteiger partial charge in [-0.1, -0.05) is 0 Å². The molecule has 3 heterocycles. The summed E-state index contributed by atoms with van der Waals surface area (Å²) in [6, 6.07) is -6.63. The highest BCUT2D eigenvalue weighted by Crippen LogP contribution is 2.34. The lowest BCUT2D eigenvalue weighted by Gasteiger charge is -2.47. The minimum absolute atomic E-state index is 0.0118. The molecule has 0 spiro atoms.